The topological polar surface area (TPSA) is 62.5 Å². The zero-order chi connectivity index (χ0) is 13.0. The van der Waals surface area contributed by atoms with E-state index in [1.54, 1.807) is 0 Å². The summed E-state index contributed by atoms with van der Waals surface area (Å²) in [4.78, 5) is 10.9. The molecule has 1 aliphatic rings. The third-order valence-electron chi connectivity index (χ3n) is 3.83. The van der Waals surface area contributed by atoms with Gasteiger partial charge in [-0.05, 0) is 37.3 Å². The molecule has 100 valence electrons. The maximum atomic E-state index is 10.9. The Hall–Kier alpha value is -1.29. The summed E-state index contributed by atoms with van der Waals surface area (Å²) in [6, 6.07) is 1.50. The summed E-state index contributed by atoms with van der Waals surface area (Å²) in [5.74, 6) is 1.19. The predicted octanol–water partition coefficient (Wildman–Crippen LogP) is 2.89. The summed E-state index contributed by atoms with van der Waals surface area (Å²) in [6.45, 7) is 3.76. The van der Waals surface area contributed by atoms with Crippen LogP contribution >= 0.6 is 0 Å². The van der Waals surface area contributed by atoms with E-state index in [-0.39, 0.29) is 5.56 Å². The molecular weight excluding hydrogens is 230 g/mol. The van der Waals surface area contributed by atoms with Crippen LogP contribution in [0.4, 0.5) is 0 Å². The van der Waals surface area contributed by atoms with Crippen LogP contribution in [0.1, 0.15) is 48.7 Å². The lowest BCUT2D eigenvalue weighted by molar-refractivity contribution is 0.0694. The Bertz CT molecular complexity index is 391. The predicted molar refractivity (Wildman–Crippen MR) is 68.5 cm³/mol. The van der Waals surface area contributed by atoms with Crippen molar-refractivity contribution in [3.63, 3.8) is 0 Å². The summed E-state index contributed by atoms with van der Waals surface area (Å²) in [7, 11) is 0. The highest BCUT2D eigenvalue weighted by molar-refractivity contribution is 5.88. The monoisotopic (exact) mass is 251 g/mol. The van der Waals surface area contributed by atoms with E-state index in [1.165, 1.54) is 38.0 Å². The molecule has 1 saturated carbocycles. The Morgan fingerprint density at radius 2 is 2.17 bits per heavy atom. The molecule has 0 atom stereocenters. The minimum absolute atomic E-state index is 0.264. The molecule has 2 rings (SSSR count). The fraction of sp³-hybridized carbons (Fsp3) is 0.643. The van der Waals surface area contributed by atoms with Crippen molar-refractivity contribution in [2.24, 2.45) is 11.8 Å². The molecule has 0 spiro atoms. The Morgan fingerprint density at radius 3 is 2.83 bits per heavy atom. The lowest BCUT2D eigenvalue weighted by Crippen LogP contribution is -2.26. The second kappa shape index (κ2) is 6.05. The first kappa shape index (κ1) is 13.1. The molecule has 1 aromatic heterocycles. The van der Waals surface area contributed by atoms with E-state index in [9.17, 15) is 4.79 Å². The number of hydrogen-bond donors (Lipinski definition) is 2. The highest BCUT2D eigenvalue weighted by atomic mass is 16.4. The third-order valence-corrected chi connectivity index (χ3v) is 3.83. The fourth-order valence-corrected chi connectivity index (χ4v) is 2.59. The molecule has 0 bridgehead atoms. The number of rotatable bonds is 5. The van der Waals surface area contributed by atoms with Crippen molar-refractivity contribution in [2.75, 3.05) is 6.54 Å². The van der Waals surface area contributed by atoms with Crippen molar-refractivity contribution >= 4 is 5.97 Å². The van der Waals surface area contributed by atoms with E-state index in [4.69, 9.17) is 9.52 Å². The van der Waals surface area contributed by atoms with Gasteiger partial charge in [-0.2, -0.15) is 0 Å². The lowest BCUT2D eigenvalue weighted by atomic mass is 9.83. The second-order valence-electron chi connectivity index (χ2n) is 5.32. The smallest absolute Gasteiger partial charge is 0.339 e. The molecule has 0 radical (unpaired) electrons. The largest absolute Gasteiger partial charge is 0.478 e. The van der Waals surface area contributed by atoms with Crippen molar-refractivity contribution in [2.45, 2.75) is 39.2 Å². The van der Waals surface area contributed by atoms with Crippen LogP contribution in [0, 0.1) is 11.8 Å². The molecule has 0 aliphatic heterocycles. The average molecular weight is 251 g/mol. The normalized spacial score (nSPS) is 24.1. The van der Waals surface area contributed by atoms with Gasteiger partial charge in [0, 0.05) is 0 Å². The Labute approximate surface area is 107 Å². The van der Waals surface area contributed by atoms with E-state index >= 15 is 0 Å². The molecule has 18 heavy (non-hydrogen) atoms. The van der Waals surface area contributed by atoms with Gasteiger partial charge in [0.25, 0.3) is 0 Å². The van der Waals surface area contributed by atoms with Crippen molar-refractivity contribution in [1.82, 2.24) is 5.32 Å². The molecular formula is C14H21NO3. The van der Waals surface area contributed by atoms with Gasteiger partial charge in [0.15, 0.2) is 0 Å². The quantitative estimate of drug-likeness (QED) is 0.844. The van der Waals surface area contributed by atoms with Crippen LogP contribution in [0.25, 0.3) is 0 Å². The molecule has 0 saturated heterocycles. The molecule has 0 unspecified atom stereocenters. The first-order chi connectivity index (χ1) is 8.66. The van der Waals surface area contributed by atoms with Gasteiger partial charge in [0.2, 0.25) is 0 Å². The van der Waals surface area contributed by atoms with Gasteiger partial charge in [0.1, 0.15) is 11.3 Å². The van der Waals surface area contributed by atoms with Gasteiger partial charge in [-0.25, -0.2) is 4.79 Å². The Morgan fingerprint density at radius 1 is 1.44 bits per heavy atom. The summed E-state index contributed by atoms with van der Waals surface area (Å²) < 4.78 is 5.19. The van der Waals surface area contributed by atoms with Gasteiger partial charge < -0.3 is 14.8 Å². The maximum Gasteiger partial charge on any atom is 0.339 e. The maximum absolute atomic E-state index is 10.9. The number of carbonyl (C=O) groups is 1. The summed E-state index contributed by atoms with van der Waals surface area (Å²) >= 11 is 0. The number of hydrogen-bond acceptors (Lipinski definition) is 3. The van der Waals surface area contributed by atoms with Crippen LogP contribution in [0.15, 0.2) is 16.7 Å². The number of aromatic carboxylic acids is 1. The number of carboxylic acid groups (broad SMARTS) is 1. The SMILES string of the molecule is CC1CCC(CNCc2occc2C(=O)O)CC1. The minimum Gasteiger partial charge on any atom is -0.478 e. The van der Waals surface area contributed by atoms with Gasteiger partial charge in [0.05, 0.1) is 12.8 Å². The van der Waals surface area contributed by atoms with Crippen molar-refractivity contribution in [3.8, 4) is 0 Å². The van der Waals surface area contributed by atoms with Crippen molar-refractivity contribution in [1.29, 1.82) is 0 Å². The van der Waals surface area contributed by atoms with Crippen molar-refractivity contribution < 1.29 is 14.3 Å². The Kier molecular flexibility index (Phi) is 4.42. The summed E-state index contributed by atoms with van der Waals surface area (Å²) in [5, 5.41) is 12.3. The molecule has 2 N–H and O–H groups in total. The minimum atomic E-state index is -0.924. The van der Waals surface area contributed by atoms with E-state index in [0.717, 1.165) is 18.4 Å². The average Bonchev–Trinajstić information content (AvgIpc) is 2.80. The molecule has 1 fully saturated rings. The standard InChI is InChI=1S/C14H21NO3/c1-10-2-4-11(5-3-10)8-15-9-13-12(14(16)17)6-7-18-13/h6-7,10-11,15H,2-5,8-9H2,1H3,(H,16,17). The molecule has 1 heterocycles. The molecule has 4 heteroatoms. The van der Waals surface area contributed by atoms with Gasteiger partial charge >= 0.3 is 5.97 Å². The Balaban J connectivity index is 1.75. The third kappa shape index (κ3) is 3.35. The van der Waals surface area contributed by atoms with Gasteiger partial charge in [-0.15, -0.1) is 0 Å². The van der Waals surface area contributed by atoms with E-state index in [1.807, 2.05) is 0 Å². The first-order valence-corrected chi connectivity index (χ1v) is 6.67. The molecule has 1 aromatic rings. The zero-order valence-electron chi connectivity index (χ0n) is 10.8. The molecule has 0 amide bonds. The van der Waals surface area contributed by atoms with Crippen LogP contribution in [-0.4, -0.2) is 17.6 Å². The second-order valence-corrected chi connectivity index (χ2v) is 5.32. The van der Waals surface area contributed by atoms with Crippen LogP contribution in [0.2, 0.25) is 0 Å². The van der Waals surface area contributed by atoms with Gasteiger partial charge in [-0.1, -0.05) is 19.8 Å². The van der Waals surface area contributed by atoms with E-state index in [2.05, 4.69) is 12.2 Å². The van der Waals surface area contributed by atoms with Crippen LogP contribution in [0.5, 0.6) is 0 Å². The number of carboxylic acids is 1. The molecule has 4 nitrogen and oxygen atoms in total. The molecule has 1 aliphatic carbocycles. The first-order valence-electron chi connectivity index (χ1n) is 6.67. The van der Waals surface area contributed by atoms with Crippen LogP contribution in [0.3, 0.4) is 0 Å². The van der Waals surface area contributed by atoms with Crippen LogP contribution < -0.4 is 5.32 Å². The van der Waals surface area contributed by atoms with Crippen LogP contribution in [-0.2, 0) is 6.54 Å². The summed E-state index contributed by atoms with van der Waals surface area (Å²) in [6.07, 6.45) is 6.61. The molecule has 0 aromatic carbocycles. The lowest BCUT2D eigenvalue weighted by Gasteiger charge is -2.26. The van der Waals surface area contributed by atoms with E-state index in [0.29, 0.717) is 12.3 Å². The fourth-order valence-electron chi connectivity index (χ4n) is 2.59. The zero-order valence-corrected chi connectivity index (χ0v) is 10.8. The number of furan rings is 1. The highest BCUT2D eigenvalue weighted by Crippen LogP contribution is 2.27. The van der Waals surface area contributed by atoms with Crippen molar-refractivity contribution in [3.05, 3.63) is 23.7 Å². The number of nitrogens with one attached hydrogen (secondary N) is 1. The van der Waals surface area contributed by atoms with Gasteiger partial charge in [-0.3, -0.25) is 0 Å². The highest BCUT2D eigenvalue weighted by Gasteiger charge is 2.18. The summed E-state index contributed by atoms with van der Waals surface area (Å²) in [5.41, 5.74) is 0.264. The van der Waals surface area contributed by atoms with E-state index < -0.39 is 5.97 Å².